The van der Waals surface area contributed by atoms with Crippen LogP contribution in [-0.2, 0) is 6.54 Å². The number of aryl methyl sites for hydroxylation is 1. The lowest BCUT2D eigenvalue weighted by atomic mass is 10.2. The van der Waals surface area contributed by atoms with Crippen molar-refractivity contribution >= 4 is 21.8 Å². The second-order valence-electron chi connectivity index (χ2n) is 4.35. The van der Waals surface area contributed by atoms with E-state index in [0.29, 0.717) is 28.2 Å². The molecule has 112 valence electrons. The minimum absolute atomic E-state index is 0.268. The third kappa shape index (κ3) is 3.18. The minimum Gasteiger partial charge on any atom is -0.493 e. The van der Waals surface area contributed by atoms with Crippen molar-refractivity contribution in [3.8, 4) is 11.5 Å². The van der Waals surface area contributed by atoms with Gasteiger partial charge in [-0.25, -0.2) is 0 Å². The van der Waals surface area contributed by atoms with E-state index in [4.69, 9.17) is 9.47 Å². The van der Waals surface area contributed by atoms with Gasteiger partial charge in [-0.3, -0.25) is 9.89 Å². The Morgan fingerprint density at radius 1 is 1.38 bits per heavy atom. The maximum absolute atomic E-state index is 12.1. The van der Waals surface area contributed by atoms with E-state index in [1.807, 2.05) is 19.1 Å². The van der Waals surface area contributed by atoms with E-state index in [1.54, 1.807) is 20.3 Å². The molecule has 1 aromatic carbocycles. The van der Waals surface area contributed by atoms with Crippen molar-refractivity contribution in [2.45, 2.75) is 13.5 Å². The Hall–Kier alpha value is -2.02. The molecule has 6 nitrogen and oxygen atoms in total. The molecule has 0 bridgehead atoms. The summed E-state index contributed by atoms with van der Waals surface area (Å²) in [6, 6.07) is 5.52. The highest BCUT2D eigenvalue weighted by Crippen LogP contribution is 2.30. The molecule has 0 spiro atoms. The van der Waals surface area contributed by atoms with Crippen LogP contribution < -0.4 is 14.8 Å². The molecular weight excluding hydrogens is 338 g/mol. The summed E-state index contributed by atoms with van der Waals surface area (Å²) >= 11 is 3.33. The van der Waals surface area contributed by atoms with Crippen LogP contribution >= 0.6 is 15.9 Å². The number of ether oxygens (including phenoxy) is 2. The normalized spacial score (nSPS) is 10.3. The smallest absolute Gasteiger partial charge is 0.273 e. The predicted octanol–water partition coefficient (Wildman–Crippen LogP) is 2.43. The van der Waals surface area contributed by atoms with Crippen LogP contribution in [0.25, 0.3) is 0 Å². The molecule has 21 heavy (non-hydrogen) atoms. The van der Waals surface area contributed by atoms with Gasteiger partial charge in [0.05, 0.1) is 18.7 Å². The Morgan fingerprint density at radius 2 is 2.14 bits per heavy atom. The van der Waals surface area contributed by atoms with Crippen LogP contribution in [0.15, 0.2) is 22.7 Å². The summed E-state index contributed by atoms with van der Waals surface area (Å²) in [4.78, 5) is 12.1. The molecule has 0 atom stereocenters. The topological polar surface area (TPSA) is 76.2 Å². The zero-order valence-electron chi connectivity index (χ0n) is 12.0. The Kier molecular flexibility index (Phi) is 4.85. The van der Waals surface area contributed by atoms with E-state index >= 15 is 0 Å². The van der Waals surface area contributed by atoms with E-state index in [9.17, 15) is 4.79 Å². The van der Waals surface area contributed by atoms with Crippen LogP contribution in [0.5, 0.6) is 11.5 Å². The summed E-state index contributed by atoms with van der Waals surface area (Å²) < 4.78 is 11.2. The second-order valence-corrected chi connectivity index (χ2v) is 5.14. The molecule has 0 aliphatic heterocycles. The number of carbonyl (C=O) groups is 1. The number of benzene rings is 1. The fourth-order valence-electron chi connectivity index (χ4n) is 1.92. The molecule has 2 rings (SSSR count). The Balaban J connectivity index is 2.13. The quantitative estimate of drug-likeness (QED) is 0.865. The average Bonchev–Trinajstić information content (AvgIpc) is 2.84. The van der Waals surface area contributed by atoms with Crippen LogP contribution in [0.1, 0.15) is 21.7 Å². The first-order valence-electron chi connectivity index (χ1n) is 6.27. The lowest BCUT2D eigenvalue weighted by Gasteiger charge is -2.12. The Labute approximate surface area is 131 Å². The van der Waals surface area contributed by atoms with Crippen molar-refractivity contribution in [3.63, 3.8) is 0 Å². The third-order valence-corrected chi connectivity index (χ3v) is 3.98. The monoisotopic (exact) mass is 353 g/mol. The van der Waals surface area contributed by atoms with Gasteiger partial charge in [-0.05, 0) is 28.9 Å². The van der Waals surface area contributed by atoms with Crippen LogP contribution in [-0.4, -0.2) is 30.3 Å². The van der Waals surface area contributed by atoms with E-state index in [0.717, 1.165) is 11.3 Å². The molecule has 7 heteroatoms. The molecule has 1 aromatic heterocycles. The summed E-state index contributed by atoms with van der Waals surface area (Å²) in [6.45, 7) is 2.15. The minimum atomic E-state index is -0.268. The first-order valence-corrected chi connectivity index (χ1v) is 7.06. The van der Waals surface area contributed by atoms with Gasteiger partial charge < -0.3 is 14.8 Å². The van der Waals surface area contributed by atoms with Gasteiger partial charge in [-0.15, -0.1) is 0 Å². The first kappa shape index (κ1) is 15.4. The summed E-state index contributed by atoms with van der Waals surface area (Å²) in [5.41, 5.74) is 1.96. The molecule has 2 aromatic rings. The van der Waals surface area contributed by atoms with Gasteiger partial charge in [0.1, 0.15) is 0 Å². The van der Waals surface area contributed by atoms with Gasteiger partial charge in [-0.1, -0.05) is 12.1 Å². The molecule has 0 saturated heterocycles. The van der Waals surface area contributed by atoms with Crippen LogP contribution in [0.3, 0.4) is 0 Å². The summed E-state index contributed by atoms with van der Waals surface area (Å²) in [7, 11) is 3.14. The number of para-hydroxylation sites is 1. The largest absolute Gasteiger partial charge is 0.493 e. The van der Waals surface area contributed by atoms with Crippen molar-refractivity contribution in [1.82, 2.24) is 15.5 Å². The fraction of sp³-hybridized carbons (Fsp3) is 0.286. The van der Waals surface area contributed by atoms with E-state index in [1.165, 1.54) is 0 Å². The van der Waals surface area contributed by atoms with Gasteiger partial charge in [0.25, 0.3) is 5.91 Å². The Bertz CT molecular complexity index is 655. The number of aromatic amines is 1. The zero-order valence-corrected chi connectivity index (χ0v) is 13.6. The number of amides is 1. The standard InChI is InChI=1S/C14H16BrN3O3/c1-8-11(15)12(18-17-8)14(19)16-7-9-5-4-6-10(20-2)13(9)21-3/h4-6H,7H2,1-3H3,(H,16,19)(H,17,18). The molecule has 1 amide bonds. The molecule has 0 aliphatic rings. The molecule has 2 N–H and O–H groups in total. The molecule has 0 fully saturated rings. The number of nitrogens with one attached hydrogen (secondary N) is 2. The number of methoxy groups -OCH3 is 2. The molecular formula is C14H16BrN3O3. The maximum Gasteiger partial charge on any atom is 0.273 e. The summed E-state index contributed by atoms with van der Waals surface area (Å²) in [6.07, 6.45) is 0. The van der Waals surface area contributed by atoms with Crippen LogP contribution in [0, 0.1) is 6.92 Å². The van der Waals surface area contributed by atoms with Gasteiger partial charge >= 0.3 is 0 Å². The average molecular weight is 354 g/mol. The van der Waals surface area contributed by atoms with Gasteiger partial charge in [0.15, 0.2) is 17.2 Å². The highest BCUT2D eigenvalue weighted by atomic mass is 79.9. The number of H-pyrrole nitrogens is 1. The number of hydrogen-bond donors (Lipinski definition) is 2. The summed E-state index contributed by atoms with van der Waals surface area (Å²) in [5, 5.41) is 9.53. The molecule has 0 unspecified atom stereocenters. The first-order chi connectivity index (χ1) is 10.1. The maximum atomic E-state index is 12.1. The molecule has 0 aliphatic carbocycles. The molecule has 0 saturated carbocycles. The van der Waals surface area contributed by atoms with Crippen molar-refractivity contribution in [2.24, 2.45) is 0 Å². The highest BCUT2D eigenvalue weighted by molar-refractivity contribution is 9.10. The predicted molar refractivity (Wildman–Crippen MR) is 81.7 cm³/mol. The Morgan fingerprint density at radius 3 is 2.71 bits per heavy atom. The molecule has 1 heterocycles. The SMILES string of the molecule is COc1cccc(CNC(=O)c2n[nH]c(C)c2Br)c1OC. The van der Waals surface area contributed by atoms with E-state index in [-0.39, 0.29) is 5.91 Å². The highest BCUT2D eigenvalue weighted by Gasteiger charge is 2.16. The van der Waals surface area contributed by atoms with E-state index in [2.05, 4.69) is 31.4 Å². The van der Waals surface area contributed by atoms with Crippen LogP contribution in [0.2, 0.25) is 0 Å². The number of hydrogen-bond acceptors (Lipinski definition) is 4. The number of halogens is 1. The van der Waals surface area contributed by atoms with Crippen molar-refractivity contribution in [1.29, 1.82) is 0 Å². The van der Waals surface area contributed by atoms with Crippen molar-refractivity contribution in [2.75, 3.05) is 14.2 Å². The second kappa shape index (κ2) is 6.62. The van der Waals surface area contributed by atoms with Crippen molar-refractivity contribution < 1.29 is 14.3 Å². The number of carbonyl (C=O) groups excluding carboxylic acids is 1. The summed E-state index contributed by atoms with van der Waals surface area (Å²) in [5.74, 6) is 0.967. The number of nitrogens with zero attached hydrogens (tertiary/aromatic N) is 1. The van der Waals surface area contributed by atoms with E-state index < -0.39 is 0 Å². The number of aromatic nitrogens is 2. The third-order valence-electron chi connectivity index (χ3n) is 3.01. The molecule has 0 radical (unpaired) electrons. The zero-order chi connectivity index (χ0) is 15.4. The van der Waals surface area contributed by atoms with Gasteiger partial charge in [-0.2, -0.15) is 5.10 Å². The van der Waals surface area contributed by atoms with Crippen LogP contribution in [0.4, 0.5) is 0 Å². The lowest BCUT2D eigenvalue weighted by Crippen LogP contribution is -2.23. The van der Waals surface area contributed by atoms with Gasteiger partial charge in [0.2, 0.25) is 0 Å². The fourth-order valence-corrected chi connectivity index (χ4v) is 2.28. The van der Waals surface area contributed by atoms with Gasteiger partial charge in [0, 0.05) is 17.8 Å². The number of rotatable bonds is 5. The lowest BCUT2D eigenvalue weighted by molar-refractivity contribution is 0.0945. The van der Waals surface area contributed by atoms with Crippen molar-refractivity contribution in [3.05, 3.63) is 39.6 Å².